The lowest BCUT2D eigenvalue weighted by Crippen LogP contribution is -2.28. The van der Waals surface area contributed by atoms with Gasteiger partial charge in [-0.2, -0.15) is 0 Å². The van der Waals surface area contributed by atoms with Crippen LogP contribution in [0.5, 0.6) is 0 Å². The molecule has 0 bridgehead atoms. The van der Waals surface area contributed by atoms with E-state index in [4.69, 9.17) is 4.74 Å². The summed E-state index contributed by atoms with van der Waals surface area (Å²) in [5.41, 5.74) is 0.973. The smallest absolute Gasteiger partial charge is 0.246 e. The second kappa shape index (κ2) is 5.42. The molecule has 2 heterocycles. The van der Waals surface area contributed by atoms with Crippen LogP contribution in [0.2, 0.25) is 0 Å². The standard InChI is InChI=1S/C12H16N2O2S/c1-3-12(15)14-5-4-11(6-14)16-7-10-8-17-9(2)13-10/h3,8,11H,1,4-7H2,2H3. The molecule has 0 spiro atoms. The highest BCUT2D eigenvalue weighted by Gasteiger charge is 2.25. The van der Waals surface area contributed by atoms with E-state index in [1.807, 2.05) is 12.3 Å². The molecule has 1 amide bonds. The van der Waals surface area contributed by atoms with Crippen molar-refractivity contribution in [3.63, 3.8) is 0 Å². The lowest BCUT2D eigenvalue weighted by Gasteiger charge is -2.14. The molecular weight excluding hydrogens is 236 g/mol. The highest BCUT2D eigenvalue weighted by molar-refractivity contribution is 7.09. The first-order valence-corrected chi connectivity index (χ1v) is 6.51. The van der Waals surface area contributed by atoms with E-state index >= 15 is 0 Å². The third-order valence-corrected chi connectivity index (χ3v) is 3.59. The third-order valence-electron chi connectivity index (χ3n) is 2.76. The first-order valence-electron chi connectivity index (χ1n) is 5.63. The van der Waals surface area contributed by atoms with E-state index in [1.54, 1.807) is 16.2 Å². The Balaban J connectivity index is 1.78. The van der Waals surface area contributed by atoms with E-state index in [2.05, 4.69) is 11.6 Å². The monoisotopic (exact) mass is 252 g/mol. The maximum atomic E-state index is 11.4. The second-order valence-electron chi connectivity index (χ2n) is 4.07. The Hall–Kier alpha value is -1.20. The van der Waals surface area contributed by atoms with Crippen LogP contribution in [0, 0.1) is 6.92 Å². The number of hydrogen-bond donors (Lipinski definition) is 0. The van der Waals surface area contributed by atoms with E-state index in [1.165, 1.54) is 6.08 Å². The van der Waals surface area contributed by atoms with Crippen molar-refractivity contribution in [1.82, 2.24) is 9.88 Å². The van der Waals surface area contributed by atoms with Gasteiger partial charge in [0.1, 0.15) is 0 Å². The molecule has 92 valence electrons. The lowest BCUT2D eigenvalue weighted by atomic mass is 10.3. The fourth-order valence-corrected chi connectivity index (χ4v) is 2.47. The average Bonchev–Trinajstić information content (AvgIpc) is 2.94. The van der Waals surface area contributed by atoms with Crippen LogP contribution in [0.1, 0.15) is 17.1 Å². The van der Waals surface area contributed by atoms with Crippen LogP contribution in [0.4, 0.5) is 0 Å². The molecule has 17 heavy (non-hydrogen) atoms. The summed E-state index contributed by atoms with van der Waals surface area (Å²) in [6.45, 7) is 7.42. The van der Waals surface area contributed by atoms with Crippen molar-refractivity contribution in [2.24, 2.45) is 0 Å². The summed E-state index contributed by atoms with van der Waals surface area (Å²) >= 11 is 1.63. The predicted molar refractivity (Wildman–Crippen MR) is 66.8 cm³/mol. The van der Waals surface area contributed by atoms with Gasteiger partial charge in [0.15, 0.2) is 0 Å². The first kappa shape index (κ1) is 12.3. The summed E-state index contributed by atoms with van der Waals surface area (Å²) in [6, 6.07) is 0. The summed E-state index contributed by atoms with van der Waals surface area (Å²) in [5.74, 6) is -0.0133. The Bertz CT molecular complexity index is 416. The van der Waals surface area contributed by atoms with Crippen LogP contribution < -0.4 is 0 Å². The Morgan fingerprint density at radius 1 is 1.82 bits per heavy atom. The molecule has 5 heteroatoms. The van der Waals surface area contributed by atoms with Gasteiger partial charge < -0.3 is 9.64 Å². The van der Waals surface area contributed by atoms with Gasteiger partial charge in [0.25, 0.3) is 0 Å². The van der Waals surface area contributed by atoms with Gasteiger partial charge >= 0.3 is 0 Å². The number of carbonyl (C=O) groups excluding carboxylic acids is 1. The molecule has 0 aliphatic carbocycles. The minimum atomic E-state index is -0.0133. The van der Waals surface area contributed by atoms with Gasteiger partial charge in [0.2, 0.25) is 5.91 Å². The molecule has 1 aliphatic rings. The number of hydrogen-bond acceptors (Lipinski definition) is 4. The number of aryl methyl sites for hydroxylation is 1. The fourth-order valence-electron chi connectivity index (χ4n) is 1.87. The van der Waals surface area contributed by atoms with E-state index < -0.39 is 0 Å². The molecular formula is C12H16N2O2S. The molecule has 4 nitrogen and oxygen atoms in total. The average molecular weight is 252 g/mol. The van der Waals surface area contributed by atoms with Crippen molar-refractivity contribution in [2.45, 2.75) is 26.1 Å². The molecule has 1 fully saturated rings. The second-order valence-corrected chi connectivity index (χ2v) is 5.13. The summed E-state index contributed by atoms with van der Waals surface area (Å²) in [6.07, 6.45) is 2.37. The Morgan fingerprint density at radius 2 is 2.65 bits per heavy atom. The quantitative estimate of drug-likeness (QED) is 0.767. The molecule has 1 unspecified atom stereocenters. The molecule has 1 aromatic heterocycles. The zero-order valence-electron chi connectivity index (χ0n) is 9.89. The van der Waals surface area contributed by atoms with Gasteiger partial charge in [-0.05, 0) is 19.4 Å². The highest BCUT2D eigenvalue weighted by atomic mass is 32.1. The molecule has 1 aromatic rings. The maximum absolute atomic E-state index is 11.4. The zero-order chi connectivity index (χ0) is 12.3. The normalized spacial score (nSPS) is 19.6. The molecule has 0 radical (unpaired) electrons. The number of ether oxygens (including phenoxy) is 1. The number of likely N-dealkylation sites (tertiary alicyclic amines) is 1. The SMILES string of the molecule is C=CC(=O)N1CCC(OCc2csc(C)n2)C1. The zero-order valence-corrected chi connectivity index (χ0v) is 10.7. The summed E-state index contributed by atoms with van der Waals surface area (Å²) in [7, 11) is 0. The van der Waals surface area contributed by atoms with E-state index in [-0.39, 0.29) is 12.0 Å². The van der Waals surface area contributed by atoms with Gasteiger partial charge in [-0.25, -0.2) is 4.98 Å². The highest BCUT2D eigenvalue weighted by Crippen LogP contribution is 2.16. The topological polar surface area (TPSA) is 42.4 Å². The van der Waals surface area contributed by atoms with Crippen molar-refractivity contribution in [3.8, 4) is 0 Å². The minimum absolute atomic E-state index is 0.0133. The van der Waals surface area contributed by atoms with Crippen molar-refractivity contribution in [3.05, 3.63) is 28.7 Å². The van der Waals surface area contributed by atoms with Crippen LogP contribution in [-0.4, -0.2) is 35.0 Å². The largest absolute Gasteiger partial charge is 0.370 e. The van der Waals surface area contributed by atoms with Crippen LogP contribution in [0.25, 0.3) is 0 Å². The third kappa shape index (κ3) is 3.14. The van der Waals surface area contributed by atoms with Crippen LogP contribution in [-0.2, 0) is 16.1 Å². The number of carbonyl (C=O) groups is 1. The van der Waals surface area contributed by atoms with Crippen LogP contribution in [0.15, 0.2) is 18.0 Å². The van der Waals surface area contributed by atoms with E-state index in [0.29, 0.717) is 13.2 Å². The van der Waals surface area contributed by atoms with Crippen LogP contribution in [0.3, 0.4) is 0 Å². The lowest BCUT2D eigenvalue weighted by molar-refractivity contribution is -0.125. The van der Waals surface area contributed by atoms with Gasteiger partial charge in [-0.1, -0.05) is 6.58 Å². The van der Waals surface area contributed by atoms with E-state index in [9.17, 15) is 4.79 Å². The van der Waals surface area contributed by atoms with Crippen molar-refractivity contribution in [2.75, 3.05) is 13.1 Å². The van der Waals surface area contributed by atoms with Gasteiger partial charge in [-0.3, -0.25) is 4.79 Å². The first-order chi connectivity index (χ1) is 8.19. The Kier molecular flexibility index (Phi) is 3.91. The molecule has 1 saturated heterocycles. The van der Waals surface area contributed by atoms with Crippen molar-refractivity contribution in [1.29, 1.82) is 0 Å². The molecule has 0 N–H and O–H groups in total. The number of nitrogens with zero attached hydrogens (tertiary/aromatic N) is 2. The summed E-state index contributed by atoms with van der Waals surface area (Å²) in [5, 5.41) is 3.07. The van der Waals surface area contributed by atoms with Gasteiger partial charge in [0, 0.05) is 18.5 Å². The molecule has 0 aromatic carbocycles. The molecule has 1 atom stereocenters. The minimum Gasteiger partial charge on any atom is -0.370 e. The Morgan fingerprint density at radius 3 is 3.29 bits per heavy atom. The van der Waals surface area contributed by atoms with E-state index in [0.717, 1.165) is 23.7 Å². The molecule has 2 rings (SSSR count). The number of aromatic nitrogens is 1. The maximum Gasteiger partial charge on any atom is 0.246 e. The predicted octanol–water partition coefficient (Wildman–Crippen LogP) is 1.76. The number of amides is 1. The van der Waals surface area contributed by atoms with Gasteiger partial charge in [0.05, 0.1) is 23.4 Å². The molecule has 1 aliphatic heterocycles. The van der Waals surface area contributed by atoms with Crippen molar-refractivity contribution < 1.29 is 9.53 Å². The fraction of sp³-hybridized carbons (Fsp3) is 0.500. The summed E-state index contributed by atoms with van der Waals surface area (Å²) in [4.78, 5) is 17.5. The summed E-state index contributed by atoms with van der Waals surface area (Å²) < 4.78 is 5.74. The Labute approximate surface area is 105 Å². The number of thiazole rings is 1. The number of rotatable bonds is 4. The van der Waals surface area contributed by atoms with Gasteiger partial charge in [-0.15, -0.1) is 11.3 Å². The molecule has 0 saturated carbocycles. The van der Waals surface area contributed by atoms with Crippen molar-refractivity contribution >= 4 is 17.2 Å². The van der Waals surface area contributed by atoms with Crippen LogP contribution >= 0.6 is 11.3 Å².